The minimum absolute atomic E-state index is 0.168. The van der Waals surface area contributed by atoms with Crippen molar-refractivity contribution in [2.24, 2.45) is 0 Å². The molecule has 1 aliphatic heterocycles. The highest BCUT2D eigenvalue weighted by Gasteiger charge is 2.37. The molecule has 0 bridgehead atoms. The van der Waals surface area contributed by atoms with Gasteiger partial charge in [-0.15, -0.1) is 11.8 Å². The van der Waals surface area contributed by atoms with E-state index in [4.69, 9.17) is 0 Å². The van der Waals surface area contributed by atoms with Crippen LogP contribution >= 0.6 is 11.8 Å². The molecule has 1 saturated carbocycles. The lowest BCUT2D eigenvalue weighted by Crippen LogP contribution is -2.74. The van der Waals surface area contributed by atoms with Crippen LogP contribution in [-0.2, 0) is 4.79 Å². The Bertz CT molecular complexity index is 303. The molecule has 1 atom stereocenters. The second-order valence-corrected chi connectivity index (χ2v) is 5.21. The molecule has 90 valence electrons. The fourth-order valence-corrected chi connectivity index (χ4v) is 2.71. The largest absolute Gasteiger partial charge is 0.313 e. The summed E-state index contributed by atoms with van der Waals surface area (Å²) < 4.78 is 0. The van der Waals surface area contributed by atoms with E-state index < -0.39 is 5.12 Å². The molecule has 4 N–H and O–H groups in total. The van der Waals surface area contributed by atoms with Gasteiger partial charge in [-0.3, -0.25) is 10.1 Å². The highest BCUT2D eigenvalue weighted by Crippen LogP contribution is 2.23. The number of hydrazine groups is 1. The summed E-state index contributed by atoms with van der Waals surface area (Å²) in [5, 5.41) is 5.73. The van der Waals surface area contributed by atoms with Crippen molar-refractivity contribution in [2.45, 2.75) is 36.8 Å². The highest BCUT2D eigenvalue weighted by atomic mass is 32.2. The Morgan fingerprint density at radius 3 is 2.75 bits per heavy atom. The minimum Gasteiger partial charge on any atom is -0.313 e. The SMILES string of the molecule is C=C1NNC(NC2CCCC2)(SC)NC1=O. The predicted octanol–water partition coefficient (Wildman–Crippen LogP) is 0.231. The predicted molar refractivity (Wildman–Crippen MR) is 65.2 cm³/mol. The monoisotopic (exact) mass is 242 g/mol. The second kappa shape index (κ2) is 4.65. The van der Waals surface area contributed by atoms with Gasteiger partial charge in [-0.05, 0) is 19.1 Å². The van der Waals surface area contributed by atoms with Gasteiger partial charge in [0.2, 0.25) is 5.12 Å². The average molecular weight is 242 g/mol. The van der Waals surface area contributed by atoms with Crippen molar-refractivity contribution >= 4 is 17.7 Å². The minimum atomic E-state index is -0.618. The molecule has 5 nitrogen and oxygen atoms in total. The first kappa shape index (κ1) is 11.8. The quantitative estimate of drug-likeness (QED) is 0.421. The maximum Gasteiger partial charge on any atom is 0.271 e. The number of amides is 1. The van der Waals surface area contributed by atoms with Crippen LogP contribution < -0.4 is 21.5 Å². The van der Waals surface area contributed by atoms with Crippen molar-refractivity contribution in [2.75, 3.05) is 6.26 Å². The third kappa shape index (κ3) is 2.34. The Morgan fingerprint density at radius 2 is 2.19 bits per heavy atom. The maximum atomic E-state index is 11.6. The van der Waals surface area contributed by atoms with Gasteiger partial charge in [0, 0.05) is 6.04 Å². The number of hydrogen-bond acceptors (Lipinski definition) is 5. The Hall–Kier alpha value is -0.720. The molecular weight excluding hydrogens is 224 g/mol. The van der Waals surface area contributed by atoms with Gasteiger partial charge in [0.05, 0.1) is 0 Å². The van der Waals surface area contributed by atoms with Gasteiger partial charge in [0.1, 0.15) is 5.70 Å². The van der Waals surface area contributed by atoms with Crippen molar-refractivity contribution in [3.05, 3.63) is 12.3 Å². The number of thioether (sulfide) groups is 1. The van der Waals surface area contributed by atoms with Crippen LogP contribution in [0, 0.1) is 0 Å². The number of carbonyl (C=O) groups is 1. The van der Waals surface area contributed by atoms with E-state index >= 15 is 0 Å². The molecule has 1 amide bonds. The van der Waals surface area contributed by atoms with Crippen LogP contribution in [0.4, 0.5) is 0 Å². The van der Waals surface area contributed by atoms with Gasteiger partial charge >= 0.3 is 0 Å². The molecule has 2 fully saturated rings. The maximum absolute atomic E-state index is 11.6. The van der Waals surface area contributed by atoms with Gasteiger partial charge in [-0.2, -0.15) is 5.43 Å². The smallest absolute Gasteiger partial charge is 0.271 e. The van der Waals surface area contributed by atoms with Crippen molar-refractivity contribution in [3.63, 3.8) is 0 Å². The van der Waals surface area contributed by atoms with E-state index in [-0.39, 0.29) is 5.91 Å². The molecule has 16 heavy (non-hydrogen) atoms. The summed E-state index contributed by atoms with van der Waals surface area (Å²) in [5.41, 5.74) is 6.21. The van der Waals surface area contributed by atoms with E-state index in [9.17, 15) is 4.79 Å². The average Bonchev–Trinajstić information content (AvgIpc) is 2.76. The number of rotatable bonds is 3. The first-order valence-electron chi connectivity index (χ1n) is 5.53. The summed E-state index contributed by atoms with van der Waals surface area (Å²) in [6.07, 6.45) is 6.80. The van der Waals surface area contributed by atoms with Crippen molar-refractivity contribution in [1.29, 1.82) is 0 Å². The fraction of sp³-hybridized carbons (Fsp3) is 0.700. The fourth-order valence-electron chi connectivity index (χ4n) is 2.08. The molecular formula is C10H18N4OS. The van der Waals surface area contributed by atoms with E-state index in [1.807, 2.05) is 6.26 Å². The zero-order valence-corrected chi connectivity index (χ0v) is 10.2. The number of hydrogen-bond donors (Lipinski definition) is 4. The van der Waals surface area contributed by atoms with Crippen LogP contribution in [0.15, 0.2) is 12.3 Å². The molecule has 6 heteroatoms. The summed E-state index contributed by atoms with van der Waals surface area (Å²) >= 11 is 1.53. The van der Waals surface area contributed by atoms with Gasteiger partial charge in [0.15, 0.2) is 0 Å². The molecule has 0 aromatic rings. The molecule has 1 heterocycles. The van der Waals surface area contributed by atoms with Gasteiger partial charge in [-0.1, -0.05) is 19.4 Å². The van der Waals surface area contributed by atoms with Crippen LogP contribution in [0.3, 0.4) is 0 Å². The summed E-state index contributed by atoms with van der Waals surface area (Å²) in [6, 6.07) is 0.466. The topological polar surface area (TPSA) is 65.2 Å². The first-order chi connectivity index (χ1) is 7.65. The highest BCUT2D eigenvalue weighted by molar-refractivity contribution is 7.99. The van der Waals surface area contributed by atoms with Crippen LogP contribution in [-0.4, -0.2) is 23.3 Å². The zero-order valence-electron chi connectivity index (χ0n) is 9.43. The molecule has 0 aromatic heterocycles. The molecule has 0 aromatic carbocycles. The number of nitrogens with one attached hydrogen (secondary N) is 4. The molecule has 2 aliphatic rings. The first-order valence-corrected chi connectivity index (χ1v) is 6.75. The van der Waals surface area contributed by atoms with E-state index in [1.54, 1.807) is 0 Å². The Labute approximate surface area is 99.8 Å². The van der Waals surface area contributed by atoms with Gasteiger partial charge in [-0.25, -0.2) is 0 Å². The van der Waals surface area contributed by atoms with E-state index in [1.165, 1.54) is 37.4 Å². The standard InChI is InChI=1S/C10H18N4OS/c1-7-9(15)12-10(16-2,14-13-7)11-8-5-3-4-6-8/h8,11,13-14H,1,3-6H2,2H3,(H,12,15). The molecule has 0 radical (unpaired) electrons. The molecule has 2 rings (SSSR count). The molecule has 1 saturated heterocycles. The van der Waals surface area contributed by atoms with Gasteiger partial charge in [0.25, 0.3) is 5.91 Å². The Morgan fingerprint density at radius 1 is 1.50 bits per heavy atom. The normalized spacial score (nSPS) is 31.3. The summed E-state index contributed by atoms with van der Waals surface area (Å²) in [7, 11) is 0. The third-order valence-corrected chi connectivity index (χ3v) is 3.96. The lowest BCUT2D eigenvalue weighted by Gasteiger charge is -2.40. The third-order valence-electron chi connectivity index (χ3n) is 3.02. The van der Waals surface area contributed by atoms with Crippen molar-refractivity contribution < 1.29 is 4.79 Å². The van der Waals surface area contributed by atoms with E-state index in [0.29, 0.717) is 11.7 Å². The van der Waals surface area contributed by atoms with Crippen molar-refractivity contribution in [3.8, 4) is 0 Å². The summed E-state index contributed by atoms with van der Waals surface area (Å²) in [4.78, 5) is 11.6. The lowest BCUT2D eigenvalue weighted by atomic mass is 10.2. The van der Waals surface area contributed by atoms with E-state index in [2.05, 4.69) is 28.1 Å². The Kier molecular flexibility index (Phi) is 3.41. The zero-order chi connectivity index (χ0) is 11.6. The lowest BCUT2D eigenvalue weighted by molar-refractivity contribution is -0.121. The summed E-state index contributed by atoms with van der Waals surface area (Å²) in [6.45, 7) is 3.60. The molecule has 0 spiro atoms. The van der Waals surface area contributed by atoms with Crippen LogP contribution in [0.25, 0.3) is 0 Å². The summed E-state index contributed by atoms with van der Waals surface area (Å²) in [5.74, 6) is -0.168. The second-order valence-electron chi connectivity index (χ2n) is 4.19. The number of carbonyl (C=O) groups excluding carboxylic acids is 1. The van der Waals surface area contributed by atoms with Gasteiger partial charge < -0.3 is 10.7 Å². The Balaban J connectivity index is 2.01. The van der Waals surface area contributed by atoms with Crippen LogP contribution in [0.2, 0.25) is 0 Å². The van der Waals surface area contributed by atoms with Crippen LogP contribution in [0.5, 0.6) is 0 Å². The van der Waals surface area contributed by atoms with Crippen molar-refractivity contribution in [1.82, 2.24) is 21.5 Å². The molecule has 1 unspecified atom stereocenters. The van der Waals surface area contributed by atoms with E-state index in [0.717, 1.165) is 0 Å². The molecule has 1 aliphatic carbocycles. The van der Waals surface area contributed by atoms with Crippen LogP contribution in [0.1, 0.15) is 25.7 Å².